The summed E-state index contributed by atoms with van der Waals surface area (Å²) in [6, 6.07) is 77.2. The summed E-state index contributed by atoms with van der Waals surface area (Å²) in [6.07, 6.45) is 8.04. The lowest BCUT2D eigenvalue weighted by molar-refractivity contribution is 0.495. The van der Waals surface area contributed by atoms with Gasteiger partial charge in [0.15, 0.2) is 0 Å². The summed E-state index contributed by atoms with van der Waals surface area (Å²) in [5, 5.41) is 5.11. The Morgan fingerprint density at radius 3 is 1.57 bits per heavy atom. The standard InChI is InChI=1S/C61H40N2/c1-3-16-39(17-4-1)41-30-32-43(33-31-41)62-57-28-13-9-24-47(57)51-35-49-50-36-52-48-25-10-14-29-58(48)63(44-21-15-20-42(34-44)40-18-5-2-6-19-40)60(52)38-56(50)61(55(49)37-59(51)62)53-26-11-7-22-45(53)46-23-8-12-27-54(46)61/h1-26,28-38,54H,27H2. The Morgan fingerprint density at radius 2 is 0.905 bits per heavy atom. The molecular formula is C61H40N2. The predicted molar refractivity (Wildman–Crippen MR) is 263 cm³/mol. The predicted octanol–water partition coefficient (Wildman–Crippen LogP) is 15.5. The van der Waals surface area contributed by atoms with Gasteiger partial charge in [-0.2, -0.15) is 0 Å². The van der Waals surface area contributed by atoms with Gasteiger partial charge in [0.2, 0.25) is 0 Å². The van der Waals surface area contributed by atoms with Gasteiger partial charge in [-0.3, -0.25) is 0 Å². The van der Waals surface area contributed by atoms with Crippen LogP contribution in [0.1, 0.15) is 28.7 Å². The maximum absolute atomic E-state index is 2.59. The van der Waals surface area contributed by atoms with Crippen molar-refractivity contribution in [3.05, 3.63) is 247 Å². The lowest BCUT2D eigenvalue weighted by Crippen LogP contribution is -2.32. The van der Waals surface area contributed by atoms with E-state index in [1.807, 2.05) is 0 Å². The van der Waals surface area contributed by atoms with Gasteiger partial charge in [0.05, 0.1) is 27.5 Å². The molecule has 9 aromatic carbocycles. The minimum absolute atomic E-state index is 0.247. The number of nitrogens with zero attached hydrogens (tertiary/aromatic N) is 2. The van der Waals surface area contributed by atoms with Gasteiger partial charge in [-0.05, 0) is 128 Å². The fraction of sp³-hybridized carbons (Fsp3) is 0.0492. The third kappa shape index (κ3) is 4.73. The van der Waals surface area contributed by atoms with Crippen molar-refractivity contribution >= 4 is 49.2 Å². The molecule has 0 fully saturated rings. The number of hydrogen-bond donors (Lipinski definition) is 0. The fourth-order valence-electron chi connectivity index (χ4n) is 12.0. The third-order valence-electron chi connectivity index (χ3n) is 14.6. The molecular weight excluding hydrogens is 761 g/mol. The lowest BCUT2D eigenvalue weighted by Gasteiger charge is -2.36. The van der Waals surface area contributed by atoms with Gasteiger partial charge in [-0.1, -0.05) is 164 Å². The molecule has 2 nitrogen and oxygen atoms in total. The second-order valence-electron chi connectivity index (χ2n) is 17.6. The molecule has 1 spiro atoms. The van der Waals surface area contributed by atoms with Gasteiger partial charge < -0.3 is 9.13 Å². The van der Waals surface area contributed by atoms with Crippen LogP contribution in [0.5, 0.6) is 0 Å². The Bertz CT molecular complexity index is 3750. The second kappa shape index (κ2) is 13.0. The zero-order chi connectivity index (χ0) is 41.2. The summed E-state index contributed by atoms with van der Waals surface area (Å²) >= 11 is 0. The van der Waals surface area contributed by atoms with E-state index in [4.69, 9.17) is 0 Å². The first-order chi connectivity index (χ1) is 31.3. The van der Waals surface area contributed by atoms with Gasteiger partial charge in [0.25, 0.3) is 0 Å². The van der Waals surface area contributed by atoms with Crippen LogP contribution in [0.15, 0.2) is 224 Å². The molecule has 0 saturated heterocycles. The molecule has 3 aliphatic carbocycles. The number of benzene rings is 9. The van der Waals surface area contributed by atoms with Crippen molar-refractivity contribution in [2.75, 3.05) is 0 Å². The van der Waals surface area contributed by atoms with E-state index in [1.54, 1.807) is 0 Å². The van der Waals surface area contributed by atoms with Crippen molar-refractivity contribution in [2.45, 2.75) is 11.8 Å². The highest BCUT2D eigenvalue weighted by molar-refractivity contribution is 6.15. The largest absolute Gasteiger partial charge is 0.309 e. The molecule has 0 N–H and O–H groups in total. The molecule has 294 valence electrons. The summed E-state index contributed by atoms with van der Waals surface area (Å²) < 4.78 is 5.02. The van der Waals surface area contributed by atoms with Crippen molar-refractivity contribution in [2.24, 2.45) is 5.92 Å². The van der Waals surface area contributed by atoms with E-state index in [0.717, 1.165) is 6.42 Å². The number of hydrogen-bond acceptors (Lipinski definition) is 0. The summed E-state index contributed by atoms with van der Waals surface area (Å²) in [7, 11) is 0. The zero-order valence-electron chi connectivity index (χ0n) is 34.5. The average molecular weight is 801 g/mol. The van der Waals surface area contributed by atoms with Gasteiger partial charge in [-0.25, -0.2) is 0 Å². The normalized spacial score (nSPS) is 17.1. The van der Waals surface area contributed by atoms with Gasteiger partial charge in [-0.15, -0.1) is 0 Å². The van der Waals surface area contributed by atoms with Crippen molar-refractivity contribution in [3.8, 4) is 44.8 Å². The molecule has 0 radical (unpaired) electrons. The quantitative estimate of drug-likeness (QED) is 0.168. The van der Waals surface area contributed by atoms with Gasteiger partial charge >= 0.3 is 0 Å². The topological polar surface area (TPSA) is 9.86 Å². The maximum atomic E-state index is 2.59. The summed E-state index contributed by atoms with van der Waals surface area (Å²) in [5.74, 6) is 0.247. The molecule has 0 amide bonds. The van der Waals surface area contributed by atoms with E-state index in [0.29, 0.717) is 0 Å². The zero-order valence-corrected chi connectivity index (χ0v) is 34.5. The molecule has 0 aliphatic heterocycles. The highest BCUT2D eigenvalue weighted by atomic mass is 15.0. The lowest BCUT2D eigenvalue weighted by atomic mass is 9.65. The molecule has 2 heteroatoms. The van der Waals surface area contributed by atoms with E-state index in [2.05, 4.69) is 234 Å². The fourth-order valence-corrected chi connectivity index (χ4v) is 12.0. The second-order valence-corrected chi connectivity index (χ2v) is 17.6. The van der Waals surface area contributed by atoms with Crippen LogP contribution in [0, 0.1) is 5.92 Å². The van der Waals surface area contributed by atoms with Crippen molar-refractivity contribution in [1.82, 2.24) is 9.13 Å². The van der Waals surface area contributed by atoms with Gasteiger partial charge in [0, 0.05) is 38.8 Å². The van der Waals surface area contributed by atoms with Crippen LogP contribution in [0.3, 0.4) is 0 Å². The van der Waals surface area contributed by atoms with Crippen LogP contribution < -0.4 is 0 Å². The first-order valence-corrected chi connectivity index (χ1v) is 22.2. The Morgan fingerprint density at radius 1 is 0.365 bits per heavy atom. The third-order valence-corrected chi connectivity index (χ3v) is 14.6. The maximum Gasteiger partial charge on any atom is 0.0544 e. The van der Waals surface area contributed by atoms with Crippen molar-refractivity contribution in [3.63, 3.8) is 0 Å². The Hall–Kier alpha value is -7.94. The molecule has 2 aromatic heterocycles. The highest BCUT2D eigenvalue weighted by Crippen LogP contribution is 2.66. The number of fused-ring (bicyclic) bond motifs is 16. The summed E-state index contributed by atoms with van der Waals surface area (Å²) in [6.45, 7) is 0. The minimum Gasteiger partial charge on any atom is -0.309 e. The molecule has 2 atom stereocenters. The van der Waals surface area contributed by atoms with Crippen LogP contribution in [0.25, 0.3) is 93.9 Å². The molecule has 63 heavy (non-hydrogen) atoms. The molecule has 11 aromatic rings. The minimum atomic E-state index is -0.397. The molecule has 2 unspecified atom stereocenters. The number of rotatable bonds is 4. The van der Waals surface area contributed by atoms with Crippen LogP contribution in [0.2, 0.25) is 0 Å². The van der Waals surface area contributed by atoms with Gasteiger partial charge in [0.1, 0.15) is 0 Å². The Kier molecular flexibility index (Phi) is 7.19. The number of para-hydroxylation sites is 2. The Balaban J connectivity index is 1.08. The van der Waals surface area contributed by atoms with Crippen LogP contribution in [-0.2, 0) is 5.41 Å². The monoisotopic (exact) mass is 800 g/mol. The molecule has 2 heterocycles. The molecule has 14 rings (SSSR count). The van der Waals surface area contributed by atoms with Crippen LogP contribution >= 0.6 is 0 Å². The van der Waals surface area contributed by atoms with E-state index in [-0.39, 0.29) is 5.92 Å². The van der Waals surface area contributed by atoms with E-state index in [9.17, 15) is 0 Å². The SMILES string of the molecule is C1=CCC2C(=C1)c1ccccc1C21c2cc3c(cc2-c2cc4c5ccccc5n(-c5cccc(-c6ccccc6)c5)c4cc21)c1ccccc1n3-c1ccc(-c2ccccc2)cc1. The van der Waals surface area contributed by atoms with E-state index in [1.165, 1.54) is 116 Å². The van der Waals surface area contributed by atoms with E-state index >= 15 is 0 Å². The molecule has 0 bridgehead atoms. The smallest absolute Gasteiger partial charge is 0.0544 e. The van der Waals surface area contributed by atoms with Crippen LogP contribution in [0.4, 0.5) is 0 Å². The first kappa shape index (κ1) is 34.7. The van der Waals surface area contributed by atoms with Crippen LogP contribution in [-0.4, -0.2) is 9.13 Å². The van der Waals surface area contributed by atoms with E-state index < -0.39 is 5.41 Å². The Labute approximate surface area is 365 Å². The molecule has 3 aliphatic rings. The first-order valence-electron chi connectivity index (χ1n) is 22.2. The summed E-state index contributed by atoms with van der Waals surface area (Å²) in [4.78, 5) is 0. The average Bonchev–Trinajstić information content (AvgIpc) is 4.05. The summed E-state index contributed by atoms with van der Waals surface area (Å²) in [5.41, 5.74) is 21.5. The number of aromatic nitrogens is 2. The highest BCUT2D eigenvalue weighted by Gasteiger charge is 2.56. The molecule has 0 saturated carbocycles. The van der Waals surface area contributed by atoms with Crippen molar-refractivity contribution < 1.29 is 0 Å². The number of allylic oxidation sites excluding steroid dienone is 4. The van der Waals surface area contributed by atoms with Crippen molar-refractivity contribution in [1.29, 1.82) is 0 Å².